The van der Waals surface area contributed by atoms with E-state index < -0.39 is 5.97 Å². The lowest BCUT2D eigenvalue weighted by Gasteiger charge is -2.18. The Bertz CT molecular complexity index is 252. The van der Waals surface area contributed by atoms with Gasteiger partial charge in [0.25, 0.3) is 0 Å². The minimum absolute atomic E-state index is 0.0159. The van der Waals surface area contributed by atoms with Crippen LogP contribution < -0.4 is 5.32 Å². The van der Waals surface area contributed by atoms with Gasteiger partial charge in [-0.15, -0.1) is 11.8 Å². The van der Waals surface area contributed by atoms with Crippen LogP contribution in [0.15, 0.2) is 0 Å². The molecule has 1 heterocycles. The Balaban J connectivity index is 2.39. The van der Waals surface area contributed by atoms with E-state index in [0.717, 1.165) is 31.4 Å². The van der Waals surface area contributed by atoms with Gasteiger partial charge in [0.1, 0.15) is 0 Å². The minimum Gasteiger partial charge on any atom is -0.481 e. The third kappa shape index (κ3) is 4.43. The second-order valence-corrected chi connectivity index (χ2v) is 5.40. The van der Waals surface area contributed by atoms with Crippen molar-refractivity contribution >= 4 is 23.6 Å². The van der Waals surface area contributed by atoms with Gasteiger partial charge in [-0.2, -0.15) is 0 Å². The molecule has 2 N–H and O–H groups in total. The zero-order valence-electron chi connectivity index (χ0n) is 9.57. The van der Waals surface area contributed by atoms with Gasteiger partial charge >= 0.3 is 5.97 Å². The van der Waals surface area contributed by atoms with E-state index in [1.807, 2.05) is 6.92 Å². The predicted octanol–water partition coefficient (Wildman–Crippen LogP) is 1.64. The Morgan fingerprint density at radius 2 is 2.31 bits per heavy atom. The first-order valence-electron chi connectivity index (χ1n) is 5.77. The van der Waals surface area contributed by atoms with Crippen LogP contribution in [-0.4, -0.2) is 34.0 Å². The topological polar surface area (TPSA) is 66.4 Å². The van der Waals surface area contributed by atoms with E-state index in [-0.39, 0.29) is 23.6 Å². The molecule has 0 aromatic rings. The maximum Gasteiger partial charge on any atom is 0.305 e. The average molecular weight is 245 g/mol. The molecule has 1 fully saturated rings. The van der Waals surface area contributed by atoms with Crippen LogP contribution >= 0.6 is 11.8 Å². The molecule has 0 aromatic carbocycles. The lowest BCUT2D eigenvalue weighted by molar-refractivity contribution is -0.137. The second kappa shape index (κ2) is 6.78. The molecule has 2 unspecified atom stereocenters. The normalized spacial score (nSPS) is 21.7. The maximum atomic E-state index is 11.8. The zero-order chi connectivity index (χ0) is 12.0. The molecule has 5 heteroatoms. The number of carbonyl (C=O) groups is 2. The van der Waals surface area contributed by atoms with E-state index >= 15 is 0 Å². The summed E-state index contributed by atoms with van der Waals surface area (Å²) in [6.07, 6.45) is 3.64. The number of aliphatic carboxylic acids is 1. The largest absolute Gasteiger partial charge is 0.481 e. The number of hydrogen-bond acceptors (Lipinski definition) is 3. The van der Waals surface area contributed by atoms with E-state index in [0.29, 0.717) is 0 Å². The van der Waals surface area contributed by atoms with Crippen molar-refractivity contribution < 1.29 is 14.7 Å². The van der Waals surface area contributed by atoms with Gasteiger partial charge in [0.05, 0.1) is 11.7 Å². The molecule has 0 radical (unpaired) electrons. The summed E-state index contributed by atoms with van der Waals surface area (Å²) in [6, 6.07) is -0.212. The van der Waals surface area contributed by atoms with E-state index in [1.54, 1.807) is 11.8 Å². The Hall–Kier alpha value is -0.710. The fourth-order valence-electron chi connectivity index (χ4n) is 1.86. The van der Waals surface area contributed by atoms with E-state index in [9.17, 15) is 9.59 Å². The van der Waals surface area contributed by atoms with Gasteiger partial charge in [-0.3, -0.25) is 9.59 Å². The third-order valence-electron chi connectivity index (χ3n) is 2.63. The Morgan fingerprint density at radius 3 is 2.81 bits per heavy atom. The molecule has 92 valence electrons. The molecule has 16 heavy (non-hydrogen) atoms. The molecule has 0 spiro atoms. The first-order valence-corrected chi connectivity index (χ1v) is 6.82. The molecule has 0 aromatic heterocycles. The molecule has 1 rings (SSSR count). The van der Waals surface area contributed by atoms with Crippen LogP contribution in [0.25, 0.3) is 0 Å². The minimum atomic E-state index is -0.849. The van der Waals surface area contributed by atoms with Crippen molar-refractivity contribution in [3.8, 4) is 0 Å². The van der Waals surface area contributed by atoms with Gasteiger partial charge in [-0.05, 0) is 25.0 Å². The third-order valence-corrected chi connectivity index (χ3v) is 4.00. The summed E-state index contributed by atoms with van der Waals surface area (Å²) in [7, 11) is 0. The molecule has 1 amide bonds. The molecule has 0 bridgehead atoms. The number of hydrogen-bond donors (Lipinski definition) is 2. The van der Waals surface area contributed by atoms with Crippen LogP contribution in [0.2, 0.25) is 0 Å². The number of rotatable bonds is 6. The quantitative estimate of drug-likeness (QED) is 0.746. The predicted molar refractivity (Wildman–Crippen MR) is 64.6 cm³/mol. The first-order chi connectivity index (χ1) is 7.63. The summed E-state index contributed by atoms with van der Waals surface area (Å²) in [5.41, 5.74) is 0. The average Bonchev–Trinajstić information content (AvgIpc) is 2.69. The second-order valence-electron chi connectivity index (χ2n) is 4.09. The highest BCUT2D eigenvalue weighted by molar-refractivity contribution is 8.00. The van der Waals surface area contributed by atoms with Gasteiger partial charge in [-0.25, -0.2) is 0 Å². The summed E-state index contributed by atoms with van der Waals surface area (Å²) in [6.45, 7) is 1.99. The van der Waals surface area contributed by atoms with Crippen LogP contribution in [-0.2, 0) is 9.59 Å². The van der Waals surface area contributed by atoms with Gasteiger partial charge in [-0.1, -0.05) is 13.3 Å². The highest BCUT2D eigenvalue weighted by Gasteiger charge is 2.25. The Morgan fingerprint density at radius 1 is 1.56 bits per heavy atom. The van der Waals surface area contributed by atoms with Gasteiger partial charge in [0.2, 0.25) is 5.91 Å². The molecule has 0 aliphatic carbocycles. The standard InChI is InChI=1S/C11H19NO3S/c1-2-4-8(7-10(13)14)12-11(15)9-5-3-6-16-9/h8-9H,2-7H2,1H3,(H,12,15)(H,13,14). The van der Waals surface area contributed by atoms with E-state index in [4.69, 9.17) is 5.11 Å². The van der Waals surface area contributed by atoms with Crippen LogP contribution in [0.3, 0.4) is 0 Å². The lowest BCUT2D eigenvalue weighted by Crippen LogP contribution is -2.40. The fourth-order valence-corrected chi connectivity index (χ4v) is 3.03. The van der Waals surface area contributed by atoms with Crippen LogP contribution in [0.4, 0.5) is 0 Å². The van der Waals surface area contributed by atoms with Gasteiger partial charge < -0.3 is 10.4 Å². The summed E-state index contributed by atoms with van der Waals surface area (Å²) in [4.78, 5) is 22.4. The molecule has 2 atom stereocenters. The summed E-state index contributed by atoms with van der Waals surface area (Å²) < 4.78 is 0. The highest BCUT2D eigenvalue weighted by Crippen LogP contribution is 2.26. The molecule has 1 saturated heterocycles. The zero-order valence-corrected chi connectivity index (χ0v) is 10.4. The fraction of sp³-hybridized carbons (Fsp3) is 0.818. The van der Waals surface area contributed by atoms with Crippen LogP contribution in [0.1, 0.15) is 39.0 Å². The lowest BCUT2D eigenvalue weighted by atomic mass is 10.1. The number of carboxylic acids is 1. The monoisotopic (exact) mass is 245 g/mol. The first kappa shape index (κ1) is 13.4. The van der Waals surface area contributed by atoms with Crippen molar-refractivity contribution in [1.29, 1.82) is 0 Å². The highest BCUT2D eigenvalue weighted by atomic mass is 32.2. The smallest absolute Gasteiger partial charge is 0.305 e. The van der Waals surface area contributed by atoms with Crippen LogP contribution in [0, 0.1) is 0 Å². The van der Waals surface area contributed by atoms with E-state index in [2.05, 4.69) is 5.32 Å². The maximum absolute atomic E-state index is 11.8. The number of amides is 1. The number of carboxylic acid groups (broad SMARTS) is 1. The molecule has 1 aliphatic rings. The van der Waals surface area contributed by atoms with Crippen molar-refractivity contribution in [2.24, 2.45) is 0 Å². The SMILES string of the molecule is CCCC(CC(=O)O)NC(=O)C1CCCS1. The van der Waals surface area contributed by atoms with Crippen molar-refractivity contribution in [3.05, 3.63) is 0 Å². The number of carbonyl (C=O) groups excluding carboxylic acids is 1. The van der Waals surface area contributed by atoms with Gasteiger partial charge in [0, 0.05) is 6.04 Å². The summed E-state index contributed by atoms with van der Waals surface area (Å²) in [5.74, 6) is 0.204. The van der Waals surface area contributed by atoms with Crippen molar-refractivity contribution in [1.82, 2.24) is 5.32 Å². The van der Waals surface area contributed by atoms with Crippen molar-refractivity contribution in [2.75, 3.05) is 5.75 Å². The molecular weight excluding hydrogens is 226 g/mol. The van der Waals surface area contributed by atoms with Gasteiger partial charge in [0.15, 0.2) is 0 Å². The number of nitrogens with one attached hydrogen (secondary N) is 1. The molecule has 1 aliphatic heterocycles. The molecule has 4 nitrogen and oxygen atoms in total. The molecule has 0 saturated carbocycles. The summed E-state index contributed by atoms with van der Waals surface area (Å²) >= 11 is 1.67. The molecular formula is C11H19NO3S. The number of thioether (sulfide) groups is 1. The van der Waals surface area contributed by atoms with Crippen molar-refractivity contribution in [3.63, 3.8) is 0 Å². The summed E-state index contributed by atoms with van der Waals surface area (Å²) in [5, 5.41) is 11.6. The van der Waals surface area contributed by atoms with E-state index in [1.165, 1.54) is 0 Å². The Kier molecular flexibility index (Phi) is 5.66. The van der Waals surface area contributed by atoms with Crippen LogP contribution in [0.5, 0.6) is 0 Å². The van der Waals surface area contributed by atoms with Crippen molar-refractivity contribution in [2.45, 2.75) is 50.3 Å². The Labute approximate surface area is 100 Å².